The highest BCUT2D eigenvalue weighted by atomic mass is 16.3. The number of hydrogen-bond donors (Lipinski definition) is 3. The Kier molecular flexibility index (Phi) is 2.29. The average molecular weight is 270 g/mol. The van der Waals surface area contributed by atoms with E-state index in [4.69, 9.17) is 0 Å². The van der Waals surface area contributed by atoms with Crippen molar-refractivity contribution < 1.29 is 14.7 Å². The predicted molar refractivity (Wildman–Crippen MR) is 72.3 cm³/mol. The molecule has 2 heterocycles. The van der Waals surface area contributed by atoms with Gasteiger partial charge >= 0.3 is 0 Å². The summed E-state index contributed by atoms with van der Waals surface area (Å²) in [6.45, 7) is 0.154. The van der Waals surface area contributed by atoms with E-state index in [2.05, 4.69) is 10.3 Å². The minimum absolute atomic E-state index is 0.135. The normalized spacial score (nSPS) is 28.9. The second-order valence-electron chi connectivity index (χ2n) is 5.54. The molecule has 0 saturated carbocycles. The fourth-order valence-electron chi connectivity index (χ4n) is 3.48. The van der Waals surface area contributed by atoms with E-state index in [-0.39, 0.29) is 18.2 Å². The maximum atomic E-state index is 12.6. The van der Waals surface area contributed by atoms with Crippen molar-refractivity contribution in [1.29, 1.82) is 0 Å². The number of carbonyl (C=O) groups excluding carboxylic acids is 2. The van der Waals surface area contributed by atoms with Crippen LogP contribution in [0.1, 0.15) is 16.1 Å². The number of aliphatic hydroxyl groups excluding tert-OH is 1. The number of Topliss-reactive ketones (excluding diaryl/α,β-unsaturated/α-hetero) is 1. The predicted octanol–water partition coefficient (Wildman–Crippen LogP) is 0.630. The molecule has 1 aromatic heterocycles. The van der Waals surface area contributed by atoms with Crippen molar-refractivity contribution in [3.05, 3.63) is 35.5 Å². The summed E-state index contributed by atoms with van der Waals surface area (Å²) in [7, 11) is 0. The standard InChI is InChI=1S/C15H14N2O3/c18-11-6-16-15(20)9-5-8-7-3-1-2-4-10(7)17-13(8)14(19)12(9)11/h1-4,9,11-12,17-18H,5-6H2,(H,16,20). The molecular formula is C15H14N2O3. The first kappa shape index (κ1) is 11.7. The van der Waals surface area contributed by atoms with Gasteiger partial charge in [-0.05, 0) is 18.1 Å². The van der Waals surface area contributed by atoms with E-state index in [0.29, 0.717) is 12.1 Å². The average Bonchev–Trinajstić information content (AvgIpc) is 2.82. The van der Waals surface area contributed by atoms with Gasteiger partial charge in [-0.1, -0.05) is 18.2 Å². The van der Waals surface area contributed by atoms with Crippen LogP contribution in [-0.2, 0) is 11.2 Å². The topological polar surface area (TPSA) is 82.2 Å². The van der Waals surface area contributed by atoms with E-state index in [1.807, 2.05) is 24.3 Å². The molecule has 5 heteroatoms. The molecule has 20 heavy (non-hydrogen) atoms. The fraction of sp³-hybridized carbons (Fsp3) is 0.333. The molecule has 0 radical (unpaired) electrons. The van der Waals surface area contributed by atoms with Gasteiger partial charge in [0.2, 0.25) is 5.91 Å². The summed E-state index contributed by atoms with van der Waals surface area (Å²) in [4.78, 5) is 27.7. The van der Waals surface area contributed by atoms with Gasteiger partial charge in [0, 0.05) is 17.4 Å². The minimum Gasteiger partial charge on any atom is -0.390 e. The lowest BCUT2D eigenvalue weighted by atomic mass is 9.72. The van der Waals surface area contributed by atoms with Crippen molar-refractivity contribution in [2.45, 2.75) is 12.5 Å². The van der Waals surface area contributed by atoms with Gasteiger partial charge in [0.1, 0.15) is 0 Å². The van der Waals surface area contributed by atoms with Crippen molar-refractivity contribution in [3.8, 4) is 0 Å². The maximum absolute atomic E-state index is 12.6. The molecular weight excluding hydrogens is 256 g/mol. The summed E-state index contributed by atoms with van der Waals surface area (Å²) >= 11 is 0. The minimum atomic E-state index is -0.801. The van der Waals surface area contributed by atoms with Gasteiger partial charge in [0.15, 0.2) is 5.78 Å². The van der Waals surface area contributed by atoms with Crippen LogP contribution in [0.25, 0.3) is 10.9 Å². The Hall–Kier alpha value is -2.14. The first-order valence-electron chi connectivity index (χ1n) is 6.76. The Morgan fingerprint density at radius 3 is 2.85 bits per heavy atom. The number of aromatic nitrogens is 1. The molecule has 4 rings (SSSR count). The first-order valence-corrected chi connectivity index (χ1v) is 6.76. The third-order valence-corrected chi connectivity index (χ3v) is 4.46. The zero-order valence-electron chi connectivity index (χ0n) is 10.7. The summed E-state index contributed by atoms with van der Waals surface area (Å²) in [5, 5.41) is 13.7. The molecule has 0 bridgehead atoms. The zero-order valence-corrected chi connectivity index (χ0v) is 10.7. The molecule has 3 N–H and O–H groups in total. The van der Waals surface area contributed by atoms with E-state index in [1.165, 1.54) is 0 Å². The summed E-state index contributed by atoms with van der Waals surface area (Å²) in [6, 6.07) is 7.70. The van der Waals surface area contributed by atoms with Crippen LogP contribution in [0.15, 0.2) is 24.3 Å². The van der Waals surface area contributed by atoms with Crippen molar-refractivity contribution in [1.82, 2.24) is 10.3 Å². The third-order valence-electron chi connectivity index (χ3n) is 4.46. The summed E-state index contributed by atoms with van der Waals surface area (Å²) in [5.41, 5.74) is 2.36. The number of aliphatic hydroxyl groups is 1. The number of amides is 1. The van der Waals surface area contributed by atoms with E-state index in [1.54, 1.807) is 0 Å². The van der Waals surface area contributed by atoms with Crippen molar-refractivity contribution in [2.24, 2.45) is 11.8 Å². The van der Waals surface area contributed by atoms with Gasteiger partial charge in [-0.3, -0.25) is 9.59 Å². The quantitative estimate of drug-likeness (QED) is 0.656. The molecule has 1 aliphatic carbocycles. The highest BCUT2D eigenvalue weighted by Gasteiger charge is 2.47. The van der Waals surface area contributed by atoms with Crippen LogP contribution < -0.4 is 5.32 Å². The fourth-order valence-corrected chi connectivity index (χ4v) is 3.48. The SMILES string of the molecule is O=C1NCC(O)C2C(=O)c3[nH]c4ccccc4c3CC12. The molecule has 1 aromatic carbocycles. The van der Waals surface area contributed by atoms with Crippen LogP contribution >= 0.6 is 0 Å². The van der Waals surface area contributed by atoms with E-state index < -0.39 is 17.9 Å². The number of benzene rings is 1. The number of H-pyrrole nitrogens is 1. The Labute approximate surface area is 115 Å². The van der Waals surface area contributed by atoms with Crippen LogP contribution in [0.2, 0.25) is 0 Å². The van der Waals surface area contributed by atoms with Crippen molar-refractivity contribution in [2.75, 3.05) is 6.54 Å². The highest BCUT2D eigenvalue weighted by molar-refractivity contribution is 6.07. The van der Waals surface area contributed by atoms with Crippen molar-refractivity contribution >= 4 is 22.6 Å². The van der Waals surface area contributed by atoms with Crippen LogP contribution in [0, 0.1) is 11.8 Å². The molecule has 3 unspecified atom stereocenters. The largest absolute Gasteiger partial charge is 0.390 e. The van der Waals surface area contributed by atoms with Crippen LogP contribution in [0.4, 0.5) is 0 Å². The molecule has 1 fully saturated rings. The summed E-state index contributed by atoms with van der Waals surface area (Å²) in [6.07, 6.45) is -0.302. The lowest BCUT2D eigenvalue weighted by Gasteiger charge is -2.36. The molecule has 3 atom stereocenters. The van der Waals surface area contributed by atoms with Gasteiger partial charge in [0.25, 0.3) is 0 Å². The summed E-state index contributed by atoms with van der Waals surface area (Å²) in [5.74, 6) is -1.36. The Balaban J connectivity index is 1.92. The Morgan fingerprint density at radius 1 is 1.20 bits per heavy atom. The number of piperidine rings is 1. The number of β-amino-alcohol motifs (C(OH)–C–C–N with tert-alkyl or cyclic N) is 1. The summed E-state index contributed by atoms with van der Waals surface area (Å²) < 4.78 is 0. The van der Waals surface area contributed by atoms with Gasteiger partial charge in [-0.25, -0.2) is 0 Å². The maximum Gasteiger partial charge on any atom is 0.224 e. The van der Waals surface area contributed by atoms with Gasteiger partial charge in [0.05, 0.1) is 23.6 Å². The van der Waals surface area contributed by atoms with E-state index in [9.17, 15) is 14.7 Å². The number of para-hydroxylation sites is 1. The number of hydrogen-bond acceptors (Lipinski definition) is 3. The lowest BCUT2D eigenvalue weighted by molar-refractivity contribution is -0.131. The zero-order chi connectivity index (χ0) is 13.9. The number of fused-ring (bicyclic) bond motifs is 4. The molecule has 1 saturated heterocycles. The van der Waals surface area contributed by atoms with E-state index >= 15 is 0 Å². The molecule has 1 amide bonds. The van der Waals surface area contributed by atoms with Crippen LogP contribution in [0.5, 0.6) is 0 Å². The number of ketones is 1. The number of aromatic amines is 1. The number of rotatable bonds is 0. The van der Waals surface area contributed by atoms with Gasteiger partial charge in [-0.2, -0.15) is 0 Å². The number of carbonyl (C=O) groups is 2. The van der Waals surface area contributed by atoms with Crippen LogP contribution in [-0.4, -0.2) is 34.4 Å². The monoisotopic (exact) mass is 270 g/mol. The number of nitrogens with one attached hydrogen (secondary N) is 2. The molecule has 5 nitrogen and oxygen atoms in total. The molecule has 2 aliphatic rings. The lowest BCUT2D eigenvalue weighted by Crippen LogP contribution is -2.55. The second kappa shape index (κ2) is 3.93. The van der Waals surface area contributed by atoms with Gasteiger partial charge in [-0.15, -0.1) is 0 Å². The van der Waals surface area contributed by atoms with E-state index in [0.717, 1.165) is 16.5 Å². The second-order valence-corrected chi connectivity index (χ2v) is 5.54. The Morgan fingerprint density at radius 2 is 2.00 bits per heavy atom. The first-order chi connectivity index (χ1) is 9.66. The van der Waals surface area contributed by atoms with Crippen molar-refractivity contribution in [3.63, 3.8) is 0 Å². The molecule has 1 aliphatic heterocycles. The third kappa shape index (κ3) is 1.41. The molecule has 102 valence electrons. The smallest absolute Gasteiger partial charge is 0.224 e. The van der Waals surface area contributed by atoms with Gasteiger partial charge < -0.3 is 15.4 Å². The molecule has 2 aromatic rings. The highest BCUT2D eigenvalue weighted by Crippen LogP contribution is 2.37. The Bertz CT molecular complexity index is 734. The van der Waals surface area contributed by atoms with Crippen LogP contribution in [0.3, 0.4) is 0 Å². The molecule has 0 spiro atoms.